The molecule has 3 rings (SSSR count). The SMILES string of the molecule is C=CC[C@H]1N(NC(=O)OCc2ccccc2)C(=O)c2cc(C)cc(C)c2C1(C)C. The molecule has 2 aromatic carbocycles. The lowest BCUT2D eigenvalue weighted by Crippen LogP contribution is -2.61. The highest BCUT2D eigenvalue weighted by Crippen LogP contribution is 2.41. The minimum absolute atomic E-state index is 0.138. The zero-order valence-electron chi connectivity index (χ0n) is 17.5. The molecule has 0 bridgehead atoms. The quantitative estimate of drug-likeness (QED) is 0.742. The van der Waals surface area contributed by atoms with Crippen LogP contribution in [-0.4, -0.2) is 23.1 Å². The number of aryl methyl sites for hydroxylation is 2. The van der Waals surface area contributed by atoms with Crippen LogP contribution in [0.4, 0.5) is 4.79 Å². The van der Waals surface area contributed by atoms with Crippen LogP contribution in [0.25, 0.3) is 0 Å². The number of carbonyl (C=O) groups excluding carboxylic acids is 2. The lowest BCUT2D eigenvalue weighted by Gasteiger charge is -2.47. The molecule has 1 heterocycles. The molecule has 0 aromatic heterocycles. The summed E-state index contributed by atoms with van der Waals surface area (Å²) in [5, 5.41) is 1.41. The van der Waals surface area contributed by atoms with Crippen molar-refractivity contribution >= 4 is 12.0 Å². The fraction of sp³-hybridized carbons (Fsp3) is 0.333. The molecule has 0 radical (unpaired) electrons. The third kappa shape index (κ3) is 4.04. The van der Waals surface area contributed by atoms with E-state index in [1.165, 1.54) is 5.01 Å². The second kappa shape index (κ2) is 8.11. The van der Waals surface area contributed by atoms with Crippen molar-refractivity contribution in [2.75, 3.05) is 0 Å². The van der Waals surface area contributed by atoms with Gasteiger partial charge in [0.05, 0.1) is 6.04 Å². The smallest absolute Gasteiger partial charge is 0.426 e. The van der Waals surface area contributed by atoms with Gasteiger partial charge in [-0.05, 0) is 43.0 Å². The van der Waals surface area contributed by atoms with E-state index in [4.69, 9.17) is 4.74 Å². The molecule has 29 heavy (non-hydrogen) atoms. The van der Waals surface area contributed by atoms with Gasteiger partial charge in [0.25, 0.3) is 5.91 Å². The van der Waals surface area contributed by atoms with E-state index in [-0.39, 0.29) is 24.0 Å². The number of hydrogen-bond donors (Lipinski definition) is 1. The molecule has 1 atom stereocenters. The fourth-order valence-corrected chi connectivity index (χ4v) is 4.29. The molecule has 0 fully saturated rings. The van der Waals surface area contributed by atoms with Crippen molar-refractivity contribution in [2.24, 2.45) is 0 Å². The van der Waals surface area contributed by atoms with Gasteiger partial charge in [-0.25, -0.2) is 15.2 Å². The molecule has 1 aliphatic heterocycles. The number of fused-ring (bicyclic) bond motifs is 1. The Kier molecular flexibility index (Phi) is 5.78. The summed E-state index contributed by atoms with van der Waals surface area (Å²) in [7, 11) is 0. The average molecular weight is 392 g/mol. The lowest BCUT2D eigenvalue weighted by molar-refractivity contribution is 0.0309. The summed E-state index contributed by atoms with van der Waals surface area (Å²) in [6, 6.07) is 13.1. The Morgan fingerprint density at radius 1 is 1.24 bits per heavy atom. The van der Waals surface area contributed by atoms with Gasteiger partial charge in [-0.1, -0.05) is 61.9 Å². The second-order valence-electron chi connectivity index (χ2n) is 8.11. The summed E-state index contributed by atoms with van der Waals surface area (Å²) in [4.78, 5) is 25.8. The number of nitrogens with one attached hydrogen (secondary N) is 1. The predicted octanol–water partition coefficient (Wildman–Crippen LogP) is 4.82. The monoisotopic (exact) mass is 392 g/mol. The first kappa shape index (κ1) is 20.6. The Labute approximate surface area is 172 Å². The number of carbonyl (C=O) groups is 2. The van der Waals surface area contributed by atoms with Crippen LogP contribution in [0.1, 0.15) is 52.9 Å². The van der Waals surface area contributed by atoms with Gasteiger partial charge in [0.1, 0.15) is 6.61 Å². The summed E-state index contributed by atoms with van der Waals surface area (Å²) < 4.78 is 5.34. The molecule has 1 N–H and O–H groups in total. The van der Waals surface area contributed by atoms with Crippen LogP contribution in [-0.2, 0) is 16.8 Å². The van der Waals surface area contributed by atoms with Crippen molar-refractivity contribution in [1.29, 1.82) is 0 Å². The summed E-state index contributed by atoms with van der Waals surface area (Å²) in [6.45, 7) is 12.2. The zero-order chi connectivity index (χ0) is 21.2. The topological polar surface area (TPSA) is 58.6 Å². The molecule has 5 heteroatoms. The Bertz CT molecular complexity index is 935. The Morgan fingerprint density at radius 3 is 2.59 bits per heavy atom. The minimum atomic E-state index is -0.653. The number of hydrazine groups is 1. The summed E-state index contributed by atoms with van der Waals surface area (Å²) in [6.07, 6.45) is 1.67. The van der Waals surface area contributed by atoms with Gasteiger partial charge in [-0.2, -0.15) is 0 Å². The second-order valence-corrected chi connectivity index (χ2v) is 8.11. The largest absolute Gasteiger partial charge is 0.443 e. The molecule has 5 nitrogen and oxygen atoms in total. The van der Waals surface area contributed by atoms with E-state index in [0.717, 1.165) is 22.3 Å². The Morgan fingerprint density at radius 2 is 1.93 bits per heavy atom. The van der Waals surface area contributed by atoms with E-state index in [9.17, 15) is 9.59 Å². The van der Waals surface area contributed by atoms with Crippen molar-refractivity contribution in [3.05, 3.63) is 82.9 Å². The Hall–Kier alpha value is -3.08. The molecule has 152 valence electrons. The van der Waals surface area contributed by atoms with Crippen molar-refractivity contribution < 1.29 is 14.3 Å². The number of benzene rings is 2. The van der Waals surface area contributed by atoms with Gasteiger partial charge < -0.3 is 4.74 Å². The summed E-state index contributed by atoms with van der Waals surface area (Å²) in [5.41, 5.74) is 6.93. The molecule has 0 saturated carbocycles. The average Bonchev–Trinajstić information content (AvgIpc) is 2.67. The van der Waals surface area contributed by atoms with E-state index in [1.807, 2.05) is 50.2 Å². The molecule has 0 unspecified atom stereocenters. The van der Waals surface area contributed by atoms with Gasteiger partial charge in [0, 0.05) is 11.0 Å². The molecule has 2 aromatic rings. The lowest BCUT2D eigenvalue weighted by atomic mass is 9.69. The van der Waals surface area contributed by atoms with Gasteiger partial charge in [-0.3, -0.25) is 4.79 Å². The number of ether oxygens (including phenoxy) is 1. The van der Waals surface area contributed by atoms with Gasteiger partial charge >= 0.3 is 6.09 Å². The van der Waals surface area contributed by atoms with Crippen LogP contribution in [0.15, 0.2) is 55.1 Å². The number of nitrogens with zero attached hydrogens (tertiary/aromatic N) is 1. The number of amides is 2. The molecular weight excluding hydrogens is 364 g/mol. The normalized spacial score (nSPS) is 17.4. The molecule has 0 saturated heterocycles. The summed E-state index contributed by atoms with van der Waals surface area (Å²) in [5.74, 6) is -0.227. The van der Waals surface area contributed by atoms with Crippen molar-refractivity contribution in [3.8, 4) is 0 Å². The Balaban J connectivity index is 1.89. The van der Waals surface area contributed by atoms with E-state index in [0.29, 0.717) is 12.0 Å². The maximum Gasteiger partial charge on any atom is 0.426 e. The van der Waals surface area contributed by atoms with Crippen LogP contribution in [0, 0.1) is 13.8 Å². The standard InChI is InChI=1S/C24H28N2O3/c1-6-10-20-24(4,5)21-17(3)13-16(2)14-19(21)22(27)26(20)25-23(28)29-15-18-11-8-7-9-12-18/h6-9,11-14,20H,1,10,15H2,2-5H3,(H,25,28)/t20-/m1/s1. The molecule has 2 amide bonds. The number of hydrogen-bond acceptors (Lipinski definition) is 3. The highest BCUT2D eigenvalue weighted by molar-refractivity contribution is 5.99. The molecule has 0 spiro atoms. The first-order chi connectivity index (χ1) is 13.8. The first-order valence-corrected chi connectivity index (χ1v) is 9.79. The highest BCUT2D eigenvalue weighted by Gasteiger charge is 2.46. The van der Waals surface area contributed by atoms with E-state index in [1.54, 1.807) is 6.08 Å². The summed E-state index contributed by atoms with van der Waals surface area (Å²) >= 11 is 0. The third-order valence-corrected chi connectivity index (χ3v) is 5.53. The van der Waals surface area contributed by atoms with Crippen LogP contribution < -0.4 is 5.43 Å². The zero-order valence-corrected chi connectivity index (χ0v) is 17.5. The van der Waals surface area contributed by atoms with E-state index < -0.39 is 6.09 Å². The van der Waals surface area contributed by atoms with E-state index >= 15 is 0 Å². The van der Waals surface area contributed by atoms with Gasteiger partial charge in [0.2, 0.25) is 0 Å². The first-order valence-electron chi connectivity index (χ1n) is 9.79. The highest BCUT2D eigenvalue weighted by atomic mass is 16.6. The van der Waals surface area contributed by atoms with Crippen LogP contribution in [0.3, 0.4) is 0 Å². The molecular formula is C24H28N2O3. The number of rotatable bonds is 5. The molecule has 0 aliphatic carbocycles. The van der Waals surface area contributed by atoms with Gasteiger partial charge in [-0.15, -0.1) is 6.58 Å². The molecule has 1 aliphatic rings. The minimum Gasteiger partial charge on any atom is -0.443 e. The van der Waals surface area contributed by atoms with Crippen molar-refractivity contribution in [2.45, 2.75) is 52.2 Å². The van der Waals surface area contributed by atoms with Crippen LogP contribution >= 0.6 is 0 Å². The predicted molar refractivity (Wildman–Crippen MR) is 113 cm³/mol. The van der Waals surface area contributed by atoms with Gasteiger partial charge in [0.15, 0.2) is 0 Å². The fourth-order valence-electron chi connectivity index (χ4n) is 4.29. The van der Waals surface area contributed by atoms with Crippen molar-refractivity contribution in [1.82, 2.24) is 10.4 Å². The van der Waals surface area contributed by atoms with Crippen LogP contribution in [0.5, 0.6) is 0 Å². The van der Waals surface area contributed by atoms with Crippen LogP contribution in [0.2, 0.25) is 0 Å². The third-order valence-electron chi connectivity index (χ3n) is 5.53. The van der Waals surface area contributed by atoms with E-state index in [2.05, 4.69) is 31.9 Å². The maximum absolute atomic E-state index is 13.3. The van der Waals surface area contributed by atoms with Crippen molar-refractivity contribution in [3.63, 3.8) is 0 Å². The maximum atomic E-state index is 13.3.